The Balaban J connectivity index is 2.37. The topological polar surface area (TPSA) is 12.9 Å². The van der Waals surface area contributed by atoms with Crippen LogP contribution in [-0.4, -0.2) is 4.98 Å². The molecule has 0 spiro atoms. The minimum atomic E-state index is 0.459. The van der Waals surface area contributed by atoms with Gasteiger partial charge in [0.05, 0.1) is 0 Å². The Hall–Kier alpha value is -1.15. The van der Waals surface area contributed by atoms with Gasteiger partial charge in [-0.2, -0.15) is 0 Å². The first-order chi connectivity index (χ1) is 7.81. The molecule has 0 saturated carbocycles. The van der Waals surface area contributed by atoms with Crippen molar-refractivity contribution in [3.05, 3.63) is 64.4 Å². The highest BCUT2D eigenvalue weighted by Gasteiger charge is 2.11. The van der Waals surface area contributed by atoms with Crippen molar-refractivity contribution < 1.29 is 0 Å². The van der Waals surface area contributed by atoms with Crippen LogP contribution < -0.4 is 0 Å². The average molecular weight is 276 g/mol. The molecule has 2 rings (SSSR count). The van der Waals surface area contributed by atoms with Gasteiger partial charge in [0.2, 0.25) is 0 Å². The lowest BCUT2D eigenvalue weighted by molar-refractivity contribution is 0.775. The van der Waals surface area contributed by atoms with E-state index < -0.39 is 0 Å². The van der Waals surface area contributed by atoms with Crippen molar-refractivity contribution in [2.75, 3.05) is 0 Å². The summed E-state index contributed by atoms with van der Waals surface area (Å²) in [6, 6.07) is 12.7. The second kappa shape index (κ2) is 5.26. The molecule has 0 fully saturated rings. The van der Waals surface area contributed by atoms with Crippen LogP contribution in [-0.2, 0) is 0 Å². The molecule has 82 valence electrons. The van der Waals surface area contributed by atoms with E-state index in [-0.39, 0.29) is 0 Å². The minimum Gasteiger partial charge on any atom is -0.265 e. The SMILES string of the molecule is CCC(c1ccncc1)c1cccc(Br)c1. The molecule has 0 aliphatic rings. The molecule has 1 atom stereocenters. The van der Waals surface area contributed by atoms with E-state index in [1.807, 2.05) is 12.4 Å². The fourth-order valence-electron chi connectivity index (χ4n) is 1.98. The van der Waals surface area contributed by atoms with E-state index in [2.05, 4.69) is 64.2 Å². The Labute approximate surface area is 105 Å². The van der Waals surface area contributed by atoms with Crippen LogP contribution in [0.3, 0.4) is 0 Å². The fourth-order valence-corrected chi connectivity index (χ4v) is 2.40. The van der Waals surface area contributed by atoms with Crippen molar-refractivity contribution in [1.29, 1.82) is 0 Å². The standard InChI is InChI=1S/C14H14BrN/c1-2-14(11-6-8-16-9-7-11)12-4-3-5-13(15)10-12/h3-10,14H,2H2,1H3. The van der Waals surface area contributed by atoms with Crippen molar-refractivity contribution in [3.63, 3.8) is 0 Å². The molecular weight excluding hydrogens is 262 g/mol. The first-order valence-electron chi connectivity index (χ1n) is 5.46. The summed E-state index contributed by atoms with van der Waals surface area (Å²) in [6.07, 6.45) is 4.81. The van der Waals surface area contributed by atoms with E-state index in [1.54, 1.807) is 0 Å². The zero-order chi connectivity index (χ0) is 11.4. The van der Waals surface area contributed by atoms with E-state index >= 15 is 0 Å². The maximum Gasteiger partial charge on any atom is 0.0270 e. The van der Waals surface area contributed by atoms with Gasteiger partial charge in [0.1, 0.15) is 0 Å². The molecule has 1 aromatic carbocycles. The van der Waals surface area contributed by atoms with E-state index in [1.165, 1.54) is 11.1 Å². The van der Waals surface area contributed by atoms with Gasteiger partial charge in [0, 0.05) is 22.8 Å². The van der Waals surface area contributed by atoms with Gasteiger partial charge in [-0.05, 0) is 41.8 Å². The number of hydrogen-bond donors (Lipinski definition) is 0. The molecule has 16 heavy (non-hydrogen) atoms. The Morgan fingerprint density at radius 1 is 1.12 bits per heavy atom. The van der Waals surface area contributed by atoms with Gasteiger partial charge in [-0.1, -0.05) is 35.0 Å². The maximum atomic E-state index is 4.06. The Bertz CT molecular complexity index is 453. The number of hydrogen-bond acceptors (Lipinski definition) is 1. The van der Waals surface area contributed by atoms with E-state index in [9.17, 15) is 0 Å². The molecule has 0 N–H and O–H groups in total. The summed E-state index contributed by atoms with van der Waals surface area (Å²) in [4.78, 5) is 4.06. The predicted molar refractivity (Wildman–Crippen MR) is 70.5 cm³/mol. The molecule has 0 aliphatic heterocycles. The fraction of sp³-hybridized carbons (Fsp3) is 0.214. The van der Waals surface area contributed by atoms with Crippen molar-refractivity contribution in [2.45, 2.75) is 19.3 Å². The van der Waals surface area contributed by atoms with E-state index in [4.69, 9.17) is 0 Å². The highest BCUT2D eigenvalue weighted by molar-refractivity contribution is 9.10. The zero-order valence-electron chi connectivity index (χ0n) is 9.23. The van der Waals surface area contributed by atoms with E-state index in [0.717, 1.165) is 10.9 Å². The molecule has 0 amide bonds. The summed E-state index contributed by atoms with van der Waals surface area (Å²) in [5.41, 5.74) is 2.68. The van der Waals surface area contributed by atoms with Crippen molar-refractivity contribution >= 4 is 15.9 Å². The Morgan fingerprint density at radius 3 is 2.50 bits per heavy atom. The third-order valence-electron chi connectivity index (χ3n) is 2.77. The van der Waals surface area contributed by atoms with Crippen LogP contribution >= 0.6 is 15.9 Å². The number of aromatic nitrogens is 1. The van der Waals surface area contributed by atoms with Crippen LogP contribution in [0.2, 0.25) is 0 Å². The lowest BCUT2D eigenvalue weighted by Gasteiger charge is -2.15. The molecule has 0 saturated heterocycles. The largest absolute Gasteiger partial charge is 0.265 e. The van der Waals surface area contributed by atoms with Crippen LogP contribution in [0.15, 0.2) is 53.3 Å². The van der Waals surface area contributed by atoms with Gasteiger partial charge >= 0.3 is 0 Å². The molecular formula is C14H14BrN. The van der Waals surface area contributed by atoms with Gasteiger partial charge < -0.3 is 0 Å². The number of halogens is 1. The van der Waals surface area contributed by atoms with Gasteiger partial charge in [-0.3, -0.25) is 4.98 Å². The Kier molecular flexibility index (Phi) is 3.73. The summed E-state index contributed by atoms with van der Waals surface area (Å²) in [5, 5.41) is 0. The first-order valence-corrected chi connectivity index (χ1v) is 6.26. The van der Waals surface area contributed by atoms with Gasteiger partial charge in [-0.25, -0.2) is 0 Å². The normalized spacial score (nSPS) is 12.4. The number of benzene rings is 1. The molecule has 1 unspecified atom stereocenters. The van der Waals surface area contributed by atoms with Crippen molar-refractivity contribution in [3.8, 4) is 0 Å². The number of nitrogens with zero attached hydrogens (tertiary/aromatic N) is 1. The number of rotatable bonds is 3. The van der Waals surface area contributed by atoms with Gasteiger partial charge in [0.15, 0.2) is 0 Å². The average Bonchev–Trinajstić information content (AvgIpc) is 2.31. The van der Waals surface area contributed by atoms with Crippen molar-refractivity contribution in [2.24, 2.45) is 0 Å². The molecule has 0 radical (unpaired) electrons. The lowest BCUT2D eigenvalue weighted by atomic mass is 9.90. The van der Waals surface area contributed by atoms with Crippen LogP contribution in [0.4, 0.5) is 0 Å². The predicted octanol–water partition coefficient (Wildman–Crippen LogP) is 4.39. The summed E-state index contributed by atoms with van der Waals surface area (Å²) >= 11 is 3.52. The highest BCUT2D eigenvalue weighted by atomic mass is 79.9. The summed E-state index contributed by atoms with van der Waals surface area (Å²) in [7, 11) is 0. The van der Waals surface area contributed by atoms with Crippen molar-refractivity contribution in [1.82, 2.24) is 4.98 Å². The first kappa shape index (κ1) is 11.3. The summed E-state index contributed by atoms with van der Waals surface area (Å²) < 4.78 is 1.14. The maximum absolute atomic E-state index is 4.06. The van der Waals surface area contributed by atoms with Crippen LogP contribution in [0.1, 0.15) is 30.4 Å². The molecule has 2 aromatic rings. The third-order valence-corrected chi connectivity index (χ3v) is 3.26. The van der Waals surface area contributed by atoms with Crippen LogP contribution in [0, 0.1) is 0 Å². The Morgan fingerprint density at radius 2 is 1.88 bits per heavy atom. The molecule has 1 heterocycles. The smallest absolute Gasteiger partial charge is 0.0270 e. The molecule has 0 aliphatic carbocycles. The highest BCUT2D eigenvalue weighted by Crippen LogP contribution is 2.28. The monoisotopic (exact) mass is 275 g/mol. The summed E-state index contributed by atoms with van der Waals surface area (Å²) in [5.74, 6) is 0.459. The molecule has 2 heteroatoms. The van der Waals surface area contributed by atoms with E-state index in [0.29, 0.717) is 5.92 Å². The quantitative estimate of drug-likeness (QED) is 0.810. The van der Waals surface area contributed by atoms with Crippen LogP contribution in [0.5, 0.6) is 0 Å². The van der Waals surface area contributed by atoms with Gasteiger partial charge in [-0.15, -0.1) is 0 Å². The summed E-state index contributed by atoms with van der Waals surface area (Å²) in [6.45, 7) is 2.21. The molecule has 0 bridgehead atoms. The number of pyridine rings is 1. The molecule has 1 aromatic heterocycles. The zero-order valence-corrected chi connectivity index (χ0v) is 10.8. The minimum absolute atomic E-state index is 0.459. The third kappa shape index (κ3) is 2.50. The lowest BCUT2D eigenvalue weighted by Crippen LogP contribution is -1.99. The molecule has 1 nitrogen and oxygen atoms in total. The van der Waals surface area contributed by atoms with Gasteiger partial charge in [0.25, 0.3) is 0 Å². The second-order valence-electron chi connectivity index (χ2n) is 3.80. The van der Waals surface area contributed by atoms with Crippen LogP contribution in [0.25, 0.3) is 0 Å². The second-order valence-corrected chi connectivity index (χ2v) is 4.71.